The topological polar surface area (TPSA) is 48.8 Å². The molecule has 9 aromatic rings. The first-order valence-electron chi connectivity index (χ1n) is 20.5. The zero-order valence-electron chi connectivity index (χ0n) is 35.5. The largest absolute Gasteiger partial charge is 0.458 e. The van der Waals surface area contributed by atoms with Gasteiger partial charge in [0.15, 0.2) is 5.82 Å². The lowest BCUT2D eigenvalue weighted by Crippen LogP contribution is -2.31. The van der Waals surface area contributed by atoms with Gasteiger partial charge >= 0.3 is 0 Å². The van der Waals surface area contributed by atoms with E-state index in [-0.39, 0.29) is 16.2 Å². The van der Waals surface area contributed by atoms with Crippen LogP contribution in [0, 0.1) is 6.33 Å². The van der Waals surface area contributed by atoms with Crippen LogP contribution in [0.1, 0.15) is 79.0 Å². The van der Waals surface area contributed by atoms with E-state index in [1.165, 1.54) is 27.8 Å². The predicted octanol–water partition coefficient (Wildman–Crippen LogP) is 12.9. The quantitative estimate of drug-likeness (QED) is 0.125. The maximum Gasteiger partial charge on any atom is 0.271 e. The second kappa shape index (κ2) is 14.1. The van der Waals surface area contributed by atoms with Crippen LogP contribution in [0.5, 0.6) is 11.5 Å². The number of para-hydroxylation sites is 2. The molecule has 6 nitrogen and oxygen atoms in total. The Morgan fingerprint density at radius 3 is 1.88 bits per heavy atom. The summed E-state index contributed by atoms with van der Waals surface area (Å²) < 4.78 is 13.2. The number of imidazole rings is 1. The predicted molar refractivity (Wildman–Crippen MR) is 242 cm³/mol. The molecule has 0 atom stereocenters. The van der Waals surface area contributed by atoms with Gasteiger partial charge in [0, 0.05) is 35.3 Å². The van der Waals surface area contributed by atoms with E-state index in [1.54, 1.807) is 6.20 Å². The molecule has 0 bridgehead atoms. The minimum atomic E-state index is -0.0299. The minimum absolute atomic E-state index is 0.0162. The van der Waals surface area contributed by atoms with Gasteiger partial charge in [0.05, 0.1) is 27.8 Å². The zero-order valence-corrected chi connectivity index (χ0v) is 35.5. The Morgan fingerprint density at radius 2 is 1.15 bits per heavy atom. The Hall–Kier alpha value is -6.53. The first-order valence-corrected chi connectivity index (χ1v) is 20.5. The second-order valence-electron chi connectivity index (χ2n) is 18.7. The first-order chi connectivity index (χ1) is 28.1. The third-order valence-corrected chi connectivity index (χ3v) is 11.3. The highest BCUT2D eigenvalue weighted by atomic mass is 16.5. The molecule has 0 aliphatic carbocycles. The Morgan fingerprint density at radius 1 is 0.492 bits per heavy atom. The molecule has 0 saturated carbocycles. The molecular formula is C53H51N5O. The molecule has 0 saturated heterocycles. The van der Waals surface area contributed by atoms with Crippen LogP contribution in [-0.4, -0.2) is 19.1 Å². The molecule has 0 radical (unpaired) electrons. The van der Waals surface area contributed by atoms with Crippen molar-refractivity contribution < 1.29 is 9.30 Å². The van der Waals surface area contributed by atoms with Gasteiger partial charge in [0.25, 0.3) is 6.33 Å². The molecule has 6 heteroatoms. The molecule has 294 valence electrons. The summed E-state index contributed by atoms with van der Waals surface area (Å²) in [5, 5.41) is 2.29. The van der Waals surface area contributed by atoms with Crippen molar-refractivity contribution in [1.82, 2.24) is 19.1 Å². The molecule has 0 spiro atoms. The van der Waals surface area contributed by atoms with Gasteiger partial charge in [-0.25, -0.2) is 4.98 Å². The fraction of sp³-hybridized carbons (Fsp3) is 0.226. The lowest BCUT2D eigenvalue weighted by molar-refractivity contribution is -0.572. The van der Waals surface area contributed by atoms with Crippen molar-refractivity contribution in [2.45, 2.75) is 78.6 Å². The number of pyridine rings is 2. The summed E-state index contributed by atoms with van der Waals surface area (Å²) in [5.41, 5.74) is 11.3. The number of nitrogens with zero attached hydrogens (tertiary/aromatic N) is 5. The highest BCUT2D eigenvalue weighted by Crippen LogP contribution is 2.38. The van der Waals surface area contributed by atoms with Crippen molar-refractivity contribution in [3.63, 3.8) is 0 Å². The summed E-state index contributed by atoms with van der Waals surface area (Å²) >= 11 is 0. The standard InChI is InChI=1S/C53H51N5O/c1-51(2,3)37-23-25-55-50(31-37)58-45-22-19-36(35-15-11-10-12-16-35)27-44(45)43-21-20-41(32-48(43)58)59-42-24-26-54-49(33-42)57-34-56(46-17-13-14-18-47(46)57)40-29-38(52(4,5)6)28-39(30-40)53(7,8)9/h10-33H,1-9H3. The maximum absolute atomic E-state index is 6.71. The molecule has 59 heavy (non-hydrogen) atoms. The molecule has 0 unspecified atom stereocenters. The molecular weight excluding hydrogens is 723 g/mol. The molecule has 0 N–H and O–H groups in total. The Bertz CT molecular complexity index is 2990. The van der Waals surface area contributed by atoms with Gasteiger partial charge < -0.3 is 4.74 Å². The normalized spacial score (nSPS) is 12.5. The highest BCUT2D eigenvalue weighted by Gasteiger charge is 2.23. The van der Waals surface area contributed by atoms with Gasteiger partial charge in [-0.1, -0.05) is 129 Å². The molecule has 5 aromatic carbocycles. The van der Waals surface area contributed by atoms with Crippen molar-refractivity contribution in [3.8, 4) is 39.9 Å². The van der Waals surface area contributed by atoms with Crippen LogP contribution in [0.2, 0.25) is 0 Å². The minimum Gasteiger partial charge on any atom is -0.458 e. The van der Waals surface area contributed by atoms with Crippen LogP contribution in [0.25, 0.3) is 61.3 Å². The molecule has 4 aromatic heterocycles. The summed E-state index contributed by atoms with van der Waals surface area (Å²) in [6.45, 7) is 20.3. The number of hydrogen-bond acceptors (Lipinski definition) is 3. The number of rotatable bonds is 6. The SMILES string of the molecule is CC(C)(C)c1cc(-[n+]2[c-]n(-c3cc(Oc4ccc5c6cc(-c7ccccc7)ccc6n(-c6cc(C(C)(C)C)ccn6)c5c4)ccn3)c3ccccc32)cc(C(C)(C)C)c1. The lowest BCUT2D eigenvalue weighted by atomic mass is 9.80. The van der Waals surface area contributed by atoms with Crippen LogP contribution in [0.4, 0.5) is 0 Å². The molecule has 9 rings (SSSR count). The Labute approximate surface area is 347 Å². The van der Waals surface area contributed by atoms with E-state index < -0.39 is 0 Å². The molecule has 0 fully saturated rings. The van der Waals surface area contributed by atoms with Crippen molar-refractivity contribution in [1.29, 1.82) is 0 Å². The molecule has 0 aliphatic heterocycles. The van der Waals surface area contributed by atoms with Gasteiger partial charge in [-0.15, -0.1) is 0 Å². The van der Waals surface area contributed by atoms with Gasteiger partial charge in [-0.3, -0.25) is 18.7 Å². The van der Waals surface area contributed by atoms with E-state index in [0.717, 1.165) is 50.1 Å². The van der Waals surface area contributed by atoms with Crippen LogP contribution in [-0.2, 0) is 16.2 Å². The van der Waals surface area contributed by atoms with Crippen molar-refractivity contribution in [2.24, 2.45) is 0 Å². The molecule has 0 aliphatic rings. The van der Waals surface area contributed by atoms with E-state index in [1.807, 2.05) is 22.9 Å². The van der Waals surface area contributed by atoms with Crippen LogP contribution >= 0.6 is 0 Å². The summed E-state index contributed by atoms with van der Waals surface area (Å²) in [5.74, 6) is 2.99. The van der Waals surface area contributed by atoms with Gasteiger partial charge in [-0.2, -0.15) is 0 Å². The van der Waals surface area contributed by atoms with Gasteiger partial charge in [-0.05, 0) is 98.7 Å². The third-order valence-electron chi connectivity index (χ3n) is 11.3. The van der Waals surface area contributed by atoms with Crippen molar-refractivity contribution >= 4 is 32.8 Å². The van der Waals surface area contributed by atoms with Crippen LogP contribution < -0.4 is 9.30 Å². The Balaban J connectivity index is 1.14. The van der Waals surface area contributed by atoms with E-state index in [9.17, 15) is 0 Å². The Kier molecular flexibility index (Phi) is 9.08. The number of ether oxygens (including phenoxy) is 1. The summed E-state index contributed by atoms with van der Waals surface area (Å²) in [7, 11) is 0. The van der Waals surface area contributed by atoms with Crippen molar-refractivity contribution in [2.75, 3.05) is 0 Å². The fourth-order valence-electron chi connectivity index (χ4n) is 7.88. The van der Waals surface area contributed by atoms with Crippen molar-refractivity contribution in [3.05, 3.63) is 169 Å². The third kappa shape index (κ3) is 7.18. The smallest absolute Gasteiger partial charge is 0.271 e. The second-order valence-corrected chi connectivity index (χ2v) is 18.7. The monoisotopic (exact) mass is 773 g/mol. The number of hydrogen-bond donors (Lipinski definition) is 0. The number of benzene rings is 5. The first kappa shape index (κ1) is 38.0. The average molecular weight is 774 g/mol. The lowest BCUT2D eigenvalue weighted by Gasteiger charge is -2.26. The summed E-state index contributed by atoms with van der Waals surface area (Å²) in [6.07, 6.45) is 7.39. The van der Waals surface area contributed by atoms with Crippen LogP contribution in [0.15, 0.2) is 146 Å². The summed E-state index contributed by atoms with van der Waals surface area (Å²) in [4.78, 5) is 9.76. The van der Waals surface area contributed by atoms with Gasteiger partial charge in [0.1, 0.15) is 17.3 Å². The van der Waals surface area contributed by atoms with E-state index in [4.69, 9.17) is 14.7 Å². The highest BCUT2D eigenvalue weighted by molar-refractivity contribution is 6.10. The maximum atomic E-state index is 6.71. The van der Waals surface area contributed by atoms with Crippen LogP contribution in [0.3, 0.4) is 0 Å². The molecule has 4 heterocycles. The number of fused-ring (bicyclic) bond motifs is 4. The zero-order chi connectivity index (χ0) is 41.3. The van der Waals surface area contributed by atoms with Gasteiger partial charge in [0.2, 0.25) is 0 Å². The molecule has 0 amide bonds. The average Bonchev–Trinajstić information content (AvgIpc) is 3.76. The summed E-state index contributed by atoms with van der Waals surface area (Å²) in [6, 6.07) is 47.2. The van der Waals surface area contributed by atoms with E-state index in [2.05, 4.69) is 199 Å². The van der Waals surface area contributed by atoms with E-state index in [0.29, 0.717) is 11.6 Å². The fourth-order valence-corrected chi connectivity index (χ4v) is 7.88. The number of aromatic nitrogens is 5. The van der Waals surface area contributed by atoms with E-state index >= 15 is 0 Å².